The van der Waals surface area contributed by atoms with Gasteiger partial charge in [0.2, 0.25) is 0 Å². The fourth-order valence-electron chi connectivity index (χ4n) is 2.69. The van der Waals surface area contributed by atoms with Gasteiger partial charge in [0.05, 0.1) is 5.02 Å². The highest BCUT2D eigenvalue weighted by Crippen LogP contribution is 2.30. The Morgan fingerprint density at radius 2 is 2.24 bits per heavy atom. The molecule has 1 fully saturated rings. The van der Waals surface area contributed by atoms with E-state index in [1.165, 1.54) is 0 Å². The van der Waals surface area contributed by atoms with E-state index in [-0.39, 0.29) is 11.3 Å². The zero-order valence-corrected chi connectivity index (χ0v) is 13.8. The molecule has 1 aromatic heterocycles. The fourth-order valence-corrected chi connectivity index (χ4v) is 2.88. The van der Waals surface area contributed by atoms with Gasteiger partial charge in [-0.15, -0.1) is 0 Å². The Labute approximate surface area is 131 Å². The molecule has 21 heavy (non-hydrogen) atoms. The lowest BCUT2D eigenvalue weighted by atomic mass is 9.84. The van der Waals surface area contributed by atoms with E-state index in [4.69, 9.17) is 11.6 Å². The molecule has 1 aliphatic heterocycles. The van der Waals surface area contributed by atoms with Gasteiger partial charge in [-0.2, -0.15) is 0 Å². The topological polar surface area (TPSA) is 45.2 Å². The summed E-state index contributed by atoms with van der Waals surface area (Å²) in [6.45, 7) is 8.86. The van der Waals surface area contributed by atoms with Crippen molar-refractivity contribution in [3.63, 3.8) is 0 Å². The Morgan fingerprint density at radius 1 is 1.48 bits per heavy atom. The van der Waals surface area contributed by atoms with Crippen LogP contribution in [0, 0.1) is 5.41 Å². The van der Waals surface area contributed by atoms with E-state index in [0.717, 1.165) is 38.9 Å². The molecule has 4 nitrogen and oxygen atoms in total. The minimum atomic E-state index is -0.0621. The SMILES string of the molecule is CCCNc1ccc(Cl)c(C(=O)N2CCCC(C)(C)C2)n1. The van der Waals surface area contributed by atoms with E-state index in [1.54, 1.807) is 6.07 Å². The van der Waals surface area contributed by atoms with Gasteiger partial charge in [-0.3, -0.25) is 4.79 Å². The van der Waals surface area contributed by atoms with Crippen LogP contribution >= 0.6 is 11.6 Å². The molecule has 0 saturated carbocycles. The van der Waals surface area contributed by atoms with Crippen LogP contribution < -0.4 is 5.32 Å². The first-order valence-corrected chi connectivity index (χ1v) is 8.00. The molecule has 0 spiro atoms. The number of piperidine rings is 1. The molecule has 1 aliphatic rings. The van der Waals surface area contributed by atoms with Crippen molar-refractivity contribution in [2.24, 2.45) is 5.41 Å². The molecule has 2 heterocycles. The molecule has 0 bridgehead atoms. The number of anilines is 1. The molecule has 1 N–H and O–H groups in total. The van der Waals surface area contributed by atoms with E-state index in [1.807, 2.05) is 11.0 Å². The number of carbonyl (C=O) groups excluding carboxylic acids is 1. The Morgan fingerprint density at radius 3 is 2.90 bits per heavy atom. The van der Waals surface area contributed by atoms with Gasteiger partial charge in [0.1, 0.15) is 11.5 Å². The lowest BCUT2D eigenvalue weighted by Crippen LogP contribution is -2.44. The standard InChI is InChI=1S/C16H24ClN3O/c1-4-9-18-13-7-6-12(17)14(19-13)15(21)20-10-5-8-16(2,3)11-20/h6-7H,4-5,8-11H2,1-3H3,(H,18,19). The number of halogens is 1. The third kappa shape index (κ3) is 4.10. The Bertz CT molecular complexity index is 516. The van der Waals surface area contributed by atoms with Gasteiger partial charge in [0, 0.05) is 19.6 Å². The highest BCUT2D eigenvalue weighted by atomic mass is 35.5. The maximum Gasteiger partial charge on any atom is 0.274 e. The van der Waals surface area contributed by atoms with E-state index in [2.05, 4.69) is 31.1 Å². The summed E-state index contributed by atoms with van der Waals surface area (Å²) < 4.78 is 0. The van der Waals surface area contributed by atoms with Gasteiger partial charge in [-0.1, -0.05) is 32.4 Å². The average molecular weight is 310 g/mol. The molecular formula is C16H24ClN3O. The molecule has 5 heteroatoms. The van der Waals surface area contributed by atoms with Crippen LogP contribution in [-0.2, 0) is 0 Å². The van der Waals surface area contributed by atoms with Gasteiger partial charge in [-0.25, -0.2) is 4.98 Å². The van der Waals surface area contributed by atoms with Crippen LogP contribution in [0.2, 0.25) is 5.02 Å². The second-order valence-corrected chi connectivity index (χ2v) is 6.86. The molecule has 0 unspecified atom stereocenters. The number of carbonyl (C=O) groups is 1. The summed E-state index contributed by atoms with van der Waals surface area (Å²) in [6, 6.07) is 3.56. The number of hydrogen-bond donors (Lipinski definition) is 1. The van der Waals surface area contributed by atoms with Crippen LogP contribution in [0.1, 0.15) is 50.5 Å². The third-order valence-corrected chi connectivity index (χ3v) is 4.10. The molecular weight excluding hydrogens is 286 g/mol. The van der Waals surface area contributed by atoms with Crippen molar-refractivity contribution in [3.05, 3.63) is 22.8 Å². The van der Waals surface area contributed by atoms with Crippen LogP contribution in [-0.4, -0.2) is 35.4 Å². The predicted molar refractivity (Wildman–Crippen MR) is 86.9 cm³/mol. The van der Waals surface area contributed by atoms with Crippen molar-refractivity contribution < 1.29 is 4.79 Å². The normalized spacial score (nSPS) is 17.6. The van der Waals surface area contributed by atoms with Crippen LogP contribution in [0.3, 0.4) is 0 Å². The fraction of sp³-hybridized carbons (Fsp3) is 0.625. The van der Waals surface area contributed by atoms with Crippen LogP contribution in [0.5, 0.6) is 0 Å². The first-order chi connectivity index (χ1) is 9.93. The van der Waals surface area contributed by atoms with Gasteiger partial charge in [0.25, 0.3) is 5.91 Å². The van der Waals surface area contributed by atoms with Crippen molar-refractivity contribution in [2.45, 2.75) is 40.0 Å². The number of pyridine rings is 1. The van der Waals surface area contributed by atoms with Crippen molar-refractivity contribution >= 4 is 23.3 Å². The Hall–Kier alpha value is -1.29. The van der Waals surface area contributed by atoms with Gasteiger partial charge >= 0.3 is 0 Å². The molecule has 0 radical (unpaired) electrons. The van der Waals surface area contributed by atoms with Gasteiger partial charge in [0.15, 0.2) is 0 Å². The summed E-state index contributed by atoms with van der Waals surface area (Å²) in [4.78, 5) is 19.0. The molecule has 0 aromatic carbocycles. The molecule has 1 aromatic rings. The van der Waals surface area contributed by atoms with Crippen molar-refractivity contribution in [3.8, 4) is 0 Å². The quantitative estimate of drug-likeness (QED) is 0.919. The van der Waals surface area contributed by atoms with Crippen molar-refractivity contribution in [1.82, 2.24) is 9.88 Å². The highest BCUT2D eigenvalue weighted by molar-refractivity contribution is 6.33. The van der Waals surface area contributed by atoms with Crippen molar-refractivity contribution in [1.29, 1.82) is 0 Å². The number of aromatic nitrogens is 1. The second kappa shape index (κ2) is 6.65. The maximum absolute atomic E-state index is 12.7. The van der Waals surface area contributed by atoms with E-state index in [9.17, 15) is 4.79 Å². The number of nitrogens with zero attached hydrogens (tertiary/aromatic N) is 2. The van der Waals surface area contributed by atoms with Crippen LogP contribution in [0.15, 0.2) is 12.1 Å². The van der Waals surface area contributed by atoms with E-state index < -0.39 is 0 Å². The Kier molecular flexibility index (Phi) is 5.09. The smallest absolute Gasteiger partial charge is 0.274 e. The number of nitrogens with one attached hydrogen (secondary N) is 1. The first-order valence-electron chi connectivity index (χ1n) is 7.62. The molecule has 1 saturated heterocycles. The number of amides is 1. The number of likely N-dealkylation sites (tertiary alicyclic amines) is 1. The number of hydrogen-bond acceptors (Lipinski definition) is 3. The van der Waals surface area contributed by atoms with Crippen LogP contribution in [0.4, 0.5) is 5.82 Å². The molecule has 2 rings (SSSR count). The summed E-state index contributed by atoms with van der Waals surface area (Å²) >= 11 is 6.18. The summed E-state index contributed by atoms with van der Waals surface area (Å²) in [5, 5.41) is 3.62. The largest absolute Gasteiger partial charge is 0.370 e. The molecule has 1 amide bonds. The second-order valence-electron chi connectivity index (χ2n) is 6.45. The van der Waals surface area contributed by atoms with Gasteiger partial charge < -0.3 is 10.2 Å². The monoisotopic (exact) mass is 309 g/mol. The lowest BCUT2D eigenvalue weighted by molar-refractivity contribution is 0.0578. The zero-order valence-electron chi connectivity index (χ0n) is 13.1. The molecule has 116 valence electrons. The van der Waals surface area contributed by atoms with Crippen molar-refractivity contribution in [2.75, 3.05) is 25.0 Å². The lowest BCUT2D eigenvalue weighted by Gasteiger charge is -2.38. The summed E-state index contributed by atoms with van der Waals surface area (Å²) in [7, 11) is 0. The molecule has 0 atom stereocenters. The minimum absolute atomic E-state index is 0.0621. The zero-order chi connectivity index (χ0) is 15.5. The summed E-state index contributed by atoms with van der Waals surface area (Å²) in [5.41, 5.74) is 0.522. The van der Waals surface area contributed by atoms with Gasteiger partial charge in [-0.05, 0) is 36.8 Å². The van der Waals surface area contributed by atoms with E-state index in [0.29, 0.717) is 16.5 Å². The molecule has 0 aliphatic carbocycles. The predicted octanol–water partition coefficient (Wildman–Crippen LogP) is 3.82. The minimum Gasteiger partial charge on any atom is -0.370 e. The summed E-state index contributed by atoms with van der Waals surface area (Å²) in [6.07, 6.45) is 3.19. The third-order valence-electron chi connectivity index (χ3n) is 3.79. The summed E-state index contributed by atoms with van der Waals surface area (Å²) in [5.74, 6) is 0.647. The highest BCUT2D eigenvalue weighted by Gasteiger charge is 2.31. The van der Waals surface area contributed by atoms with E-state index >= 15 is 0 Å². The Balaban J connectivity index is 2.17. The average Bonchev–Trinajstić information content (AvgIpc) is 2.44. The first kappa shape index (κ1) is 16.1. The number of rotatable bonds is 4. The van der Waals surface area contributed by atoms with Crippen LogP contribution in [0.25, 0.3) is 0 Å². The maximum atomic E-state index is 12.7.